The lowest BCUT2D eigenvalue weighted by Crippen LogP contribution is -2.13. The van der Waals surface area contributed by atoms with Crippen molar-refractivity contribution in [1.82, 2.24) is 0 Å². The Bertz CT molecular complexity index is 765. The molecule has 106 valence electrons. The molecule has 0 aromatic heterocycles. The lowest BCUT2D eigenvalue weighted by atomic mass is 10.2. The zero-order chi connectivity index (χ0) is 14.9. The molecule has 0 aliphatic carbocycles. The topological polar surface area (TPSA) is 46.2 Å². The van der Waals surface area contributed by atoms with Gasteiger partial charge in [-0.15, -0.1) is 0 Å². The molecule has 0 bridgehead atoms. The number of hydrogen-bond acceptors (Lipinski definition) is 2. The van der Waals surface area contributed by atoms with Crippen molar-refractivity contribution in [1.29, 1.82) is 0 Å². The van der Waals surface area contributed by atoms with Gasteiger partial charge >= 0.3 is 0 Å². The Balaban J connectivity index is 2.38. The molecule has 0 radical (unpaired) electrons. The first-order valence-electron chi connectivity index (χ1n) is 5.53. The van der Waals surface area contributed by atoms with Gasteiger partial charge in [0.1, 0.15) is 0 Å². The molecule has 0 aliphatic heterocycles. The van der Waals surface area contributed by atoms with Gasteiger partial charge < -0.3 is 0 Å². The minimum absolute atomic E-state index is 0.159. The molecular weight excluding hydrogens is 476 g/mol. The fourth-order valence-electron chi connectivity index (χ4n) is 1.59. The van der Waals surface area contributed by atoms with E-state index in [0.717, 1.165) is 9.13 Å². The van der Waals surface area contributed by atoms with Crippen LogP contribution in [0.4, 0.5) is 5.69 Å². The summed E-state index contributed by atoms with van der Waals surface area (Å²) < 4.78 is 28.8. The van der Waals surface area contributed by atoms with Crippen molar-refractivity contribution in [2.75, 3.05) is 4.72 Å². The van der Waals surface area contributed by atoms with Gasteiger partial charge in [0.15, 0.2) is 0 Å². The number of aryl methyl sites for hydroxylation is 1. The van der Waals surface area contributed by atoms with Gasteiger partial charge in [0.25, 0.3) is 10.0 Å². The van der Waals surface area contributed by atoms with E-state index in [-0.39, 0.29) is 4.90 Å². The molecule has 3 nitrogen and oxygen atoms in total. The van der Waals surface area contributed by atoms with Gasteiger partial charge in [0, 0.05) is 8.04 Å². The van der Waals surface area contributed by atoms with Crippen LogP contribution in [0.3, 0.4) is 0 Å². The van der Waals surface area contributed by atoms with Crippen LogP contribution < -0.4 is 4.72 Å². The maximum absolute atomic E-state index is 12.3. The van der Waals surface area contributed by atoms with Crippen molar-refractivity contribution in [3.8, 4) is 0 Å². The van der Waals surface area contributed by atoms with Crippen LogP contribution in [0.15, 0.2) is 45.8 Å². The first kappa shape index (κ1) is 16.1. The third kappa shape index (κ3) is 3.66. The highest BCUT2D eigenvalue weighted by molar-refractivity contribution is 14.1. The third-order valence-electron chi connectivity index (χ3n) is 2.63. The summed E-state index contributed by atoms with van der Waals surface area (Å²) in [5.74, 6) is 0. The summed E-state index contributed by atoms with van der Waals surface area (Å²) in [5.41, 5.74) is 1.44. The molecule has 20 heavy (non-hydrogen) atoms. The molecule has 0 unspecified atom stereocenters. The number of nitrogens with one attached hydrogen (secondary N) is 1. The standard InChI is InChI=1S/C13H10BrClINO2S/c1-8-6-9(16)2-5-13(8)17-20(18,19)10-3-4-12(15)11(14)7-10/h2-7,17H,1H3. The predicted molar refractivity (Wildman–Crippen MR) is 93.9 cm³/mol. The normalized spacial score (nSPS) is 11.4. The zero-order valence-corrected chi connectivity index (χ0v) is 15.6. The molecule has 0 heterocycles. The van der Waals surface area contributed by atoms with E-state index in [1.165, 1.54) is 12.1 Å². The Morgan fingerprint density at radius 2 is 1.90 bits per heavy atom. The van der Waals surface area contributed by atoms with Gasteiger partial charge in [0.05, 0.1) is 15.6 Å². The molecule has 0 saturated carbocycles. The molecule has 2 aromatic carbocycles. The number of benzene rings is 2. The van der Waals surface area contributed by atoms with Crippen LogP contribution in [0, 0.1) is 10.5 Å². The molecule has 0 spiro atoms. The number of sulfonamides is 1. The molecule has 0 atom stereocenters. The van der Waals surface area contributed by atoms with Crippen LogP contribution in [0.25, 0.3) is 0 Å². The molecule has 0 amide bonds. The van der Waals surface area contributed by atoms with Crippen molar-refractivity contribution in [3.05, 3.63) is 55.0 Å². The second-order valence-electron chi connectivity index (χ2n) is 4.14. The second kappa shape index (κ2) is 6.21. The Hall–Kier alpha value is -0.310. The summed E-state index contributed by atoms with van der Waals surface area (Å²) in [6.07, 6.45) is 0. The molecule has 7 heteroatoms. The number of rotatable bonds is 3. The Labute approximate surface area is 145 Å². The van der Waals surface area contributed by atoms with E-state index in [2.05, 4.69) is 43.2 Å². The summed E-state index contributed by atoms with van der Waals surface area (Å²) >= 11 is 11.3. The molecule has 2 aromatic rings. The van der Waals surface area contributed by atoms with E-state index in [1.807, 2.05) is 19.1 Å². The Kier molecular flexibility index (Phi) is 4.99. The van der Waals surface area contributed by atoms with E-state index in [4.69, 9.17) is 11.6 Å². The van der Waals surface area contributed by atoms with Gasteiger partial charge in [-0.05, 0) is 87.4 Å². The summed E-state index contributed by atoms with van der Waals surface area (Å²) in [5, 5.41) is 0.467. The summed E-state index contributed by atoms with van der Waals surface area (Å²) in [6, 6.07) is 10.0. The Morgan fingerprint density at radius 1 is 1.20 bits per heavy atom. The van der Waals surface area contributed by atoms with Crippen molar-refractivity contribution in [2.45, 2.75) is 11.8 Å². The van der Waals surface area contributed by atoms with Crippen LogP contribution in [0.1, 0.15) is 5.56 Å². The number of hydrogen-bond donors (Lipinski definition) is 1. The Morgan fingerprint density at radius 3 is 2.50 bits per heavy atom. The van der Waals surface area contributed by atoms with Gasteiger partial charge in [-0.2, -0.15) is 0 Å². The van der Waals surface area contributed by atoms with Crippen molar-refractivity contribution in [3.63, 3.8) is 0 Å². The van der Waals surface area contributed by atoms with Crippen LogP contribution in [-0.4, -0.2) is 8.42 Å². The van der Waals surface area contributed by atoms with E-state index in [9.17, 15) is 8.42 Å². The first-order valence-corrected chi connectivity index (χ1v) is 9.27. The molecule has 2 rings (SSSR count). The number of anilines is 1. The fraction of sp³-hybridized carbons (Fsp3) is 0.0769. The SMILES string of the molecule is Cc1cc(I)ccc1NS(=O)(=O)c1ccc(Cl)c(Br)c1. The highest BCUT2D eigenvalue weighted by Gasteiger charge is 2.16. The average Bonchev–Trinajstić information content (AvgIpc) is 2.36. The molecule has 0 aliphatic rings. The van der Waals surface area contributed by atoms with Gasteiger partial charge in [-0.1, -0.05) is 11.6 Å². The van der Waals surface area contributed by atoms with Crippen LogP contribution in [-0.2, 0) is 10.0 Å². The maximum atomic E-state index is 12.3. The molecule has 0 saturated heterocycles. The van der Waals surface area contributed by atoms with Gasteiger partial charge in [-0.25, -0.2) is 8.42 Å². The summed E-state index contributed by atoms with van der Waals surface area (Å²) in [7, 11) is -3.63. The highest BCUT2D eigenvalue weighted by Crippen LogP contribution is 2.27. The zero-order valence-electron chi connectivity index (χ0n) is 10.3. The van der Waals surface area contributed by atoms with Crippen molar-refractivity contribution < 1.29 is 8.42 Å². The average molecular weight is 487 g/mol. The summed E-state index contributed by atoms with van der Waals surface area (Å²) in [6.45, 7) is 1.86. The third-order valence-corrected chi connectivity index (χ3v) is 5.88. The molecule has 1 N–H and O–H groups in total. The lowest BCUT2D eigenvalue weighted by molar-refractivity contribution is 0.601. The minimum atomic E-state index is -3.63. The van der Waals surface area contributed by atoms with E-state index in [1.54, 1.807) is 12.1 Å². The monoisotopic (exact) mass is 485 g/mol. The van der Waals surface area contributed by atoms with Crippen molar-refractivity contribution >= 4 is 65.8 Å². The van der Waals surface area contributed by atoms with Crippen LogP contribution >= 0.6 is 50.1 Å². The van der Waals surface area contributed by atoms with Crippen LogP contribution in [0.2, 0.25) is 5.02 Å². The predicted octanol–water partition coefficient (Wildman–Crippen LogP) is 4.82. The highest BCUT2D eigenvalue weighted by atomic mass is 127. The van der Waals surface area contributed by atoms with Gasteiger partial charge in [-0.3, -0.25) is 4.72 Å². The second-order valence-corrected chi connectivity index (χ2v) is 8.33. The molecule has 0 fully saturated rings. The lowest BCUT2D eigenvalue weighted by Gasteiger charge is -2.11. The van der Waals surface area contributed by atoms with E-state index < -0.39 is 10.0 Å². The summed E-state index contributed by atoms with van der Waals surface area (Å²) in [4.78, 5) is 0.159. The maximum Gasteiger partial charge on any atom is 0.261 e. The van der Waals surface area contributed by atoms with Crippen LogP contribution in [0.5, 0.6) is 0 Å². The largest absolute Gasteiger partial charge is 0.279 e. The van der Waals surface area contributed by atoms with Crippen molar-refractivity contribution in [2.24, 2.45) is 0 Å². The minimum Gasteiger partial charge on any atom is -0.279 e. The first-order chi connectivity index (χ1) is 9.29. The van der Waals surface area contributed by atoms with E-state index in [0.29, 0.717) is 15.2 Å². The van der Waals surface area contributed by atoms with E-state index >= 15 is 0 Å². The van der Waals surface area contributed by atoms with Gasteiger partial charge in [0.2, 0.25) is 0 Å². The fourth-order valence-corrected chi connectivity index (χ4v) is 4.04. The molecular formula is C13H10BrClINO2S. The number of halogens is 3. The smallest absolute Gasteiger partial charge is 0.261 e. The quantitative estimate of drug-likeness (QED) is 0.633.